The van der Waals surface area contributed by atoms with Crippen molar-refractivity contribution in [3.63, 3.8) is 0 Å². The van der Waals surface area contributed by atoms with E-state index < -0.39 is 11.6 Å². The second-order valence-electron chi connectivity index (χ2n) is 3.72. The van der Waals surface area contributed by atoms with Gasteiger partial charge in [-0.2, -0.15) is 9.97 Å². The standard InChI is InChI=1S/C12H12F2N4O2/c1-19-11-16-10(17-12(18-11)20-2)15-6-7-5-8(13)3-4-9(7)14/h3-5H,6H2,1-2H3,(H,15,16,17,18). The highest BCUT2D eigenvalue weighted by Crippen LogP contribution is 2.14. The van der Waals surface area contributed by atoms with Crippen LogP contribution < -0.4 is 14.8 Å². The number of aromatic nitrogens is 3. The van der Waals surface area contributed by atoms with Crippen molar-refractivity contribution >= 4 is 5.95 Å². The zero-order valence-electron chi connectivity index (χ0n) is 10.9. The molecule has 0 saturated carbocycles. The van der Waals surface area contributed by atoms with Gasteiger partial charge in [0.05, 0.1) is 14.2 Å². The Bertz CT molecular complexity index is 588. The van der Waals surface area contributed by atoms with Crippen LogP contribution in [0.25, 0.3) is 0 Å². The van der Waals surface area contributed by atoms with Crippen LogP contribution in [0.1, 0.15) is 5.56 Å². The van der Waals surface area contributed by atoms with Crippen molar-refractivity contribution in [1.29, 1.82) is 0 Å². The molecule has 1 aromatic heterocycles. The highest BCUT2D eigenvalue weighted by atomic mass is 19.1. The fourth-order valence-corrected chi connectivity index (χ4v) is 1.45. The SMILES string of the molecule is COc1nc(NCc2cc(F)ccc2F)nc(OC)n1. The smallest absolute Gasteiger partial charge is 0.324 e. The van der Waals surface area contributed by atoms with Crippen LogP contribution in [-0.4, -0.2) is 29.2 Å². The first-order chi connectivity index (χ1) is 9.62. The third kappa shape index (κ3) is 3.28. The molecule has 0 radical (unpaired) electrons. The third-order valence-corrected chi connectivity index (χ3v) is 2.40. The largest absolute Gasteiger partial charge is 0.467 e. The van der Waals surface area contributed by atoms with E-state index in [4.69, 9.17) is 9.47 Å². The highest BCUT2D eigenvalue weighted by molar-refractivity contribution is 5.30. The van der Waals surface area contributed by atoms with Crippen LogP contribution in [0.3, 0.4) is 0 Å². The fourth-order valence-electron chi connectivity index (χ4n) is 1.45. The first-order valence-electron chi connectivity index (χ1n) is 5.64. The van der Waals surface area contributed by atoms with Gasteiger partial charge < -0.3 is 14.8 Å². The molecule has 8 heteroatoms. The van der Waals surface area contributed by atoms with Crippen LogP contribution in [0.2, 0.25) is 0 Å². The van der Waals surface area contributed by atoms with E-state index >= 15 is 0 Å². The predicted molar refractivity (Wildman–Crippen MR) is 66.6 cm³/mol. The van der Waals surface area contributed by atoms with Gasteiger partial charge in [-0.05, 0) is 18.2 Å². The number of benzene rings is 1. The van der Waals surface area contributed by atoms with Crippen molar-refractivity contribution < 1.29 is 18.3 Å². The van der Waals surface area contributed by atoms with Crippen LogP contribution in [0, 0.1) is 11.6 Å². The van der Waals surface area contributed by atoms with Crippen molar-refractivity contribution in [2.45, 2.75) is 6.54 Å². The number of halogens is 2. The lowest BCUT2D eigenvalue weighted by Crippen LogP contribution is -2.08. The number of nitrogens with one attached hydrogen (secondary N) is 1. The van der Waals surface area contributed by atoms with Crippen molar-refractivity contribution in [2.75, 3.05) is 19.5 Å². The third-order valence-electron chi connectivity index (χ3n) is 2.40. The van der Waals surface area contributed by atoms with Crippen LogP contribution in [0.5, 0.6) is 12.0 Å². The summed E-state index contributed by atoms with van der Waals surface area (Å²) in [6.07, 6.45) is 0. The number of nitrogens with zero attached hydrogens (tertiary/aromatic N) is 3. The zero-order valence-corrected chi connectivity index (χ0v) is 10.9. The zero-order chi connectivity index (χ0) is 14.5. The van der Waals surface area contributed by atoms with E-state index in [1.54, 1.807) is 0 Å². The molecule has 0 atom stereocenters. The molecule has 0 bridgehead atoms. The van der Waals surface area contributed by atoms with Gasteiger partial charge in [-0.1, -0.05) is 0 Å². The number of anilines is 1. The van der Waals surface area contributed by atoms with E-state index in [2.05, 4.69) is 20.3 Å². The molecule has 20 heavy (non-hydrogen) atoms. The summed E-state index contributed by atoms with van der Waals surface area (Å²) >= 11 is 0. The summed E-state index contributed by atoms with van der Waals surface area (Å²) in [5, 5.41) is 2.75. The quantitative estimate of drug-likeness (QED) is 0.901. The predicted octanol–water partition coefficient (Wildman–Crippen LogP) is 1.78. The molecule has 0 unspecified atom stereocenters. The molecule has 1 N–H and O–H groups in total. The average Bonchev–Trinajstić information content (AvgIpc) is 2.47. The van der Waals surface area contributed by atoms with E-state index in [0.717, 1.165) is 18.2 Å². The van der Waals surface area contributed by atoms with Crippen molar-refractivity contribution in [3.05, 3.63) is 35.4 Å². The first kappa shape index (κ1) is 13.9. The Balaban J connectivity index is 2.16. The summed E-state index contributed by atoms with van der Waals surface area (Å²) in [5.74, 6) is -0.904. The maximum atomic E-state index is 13.5. The number of methoxy groups -OCH3 is 2. The Morgan fingerprint density at radius 1 is 1.05 bits per heavy atom. The van der Waals surface area contributed by atoms with Crippen LogP contribution in [0.4, 0.5) is 14.7 Å². The van der Waals surface area contributed by atoms with E-state index in [9.17, 15) is 8.78 Å². The molecule has 0 aliphatic heterocycles. The molecule has 0 amide bonds. The topological polar surface area (TPSA) is 69.2 Å². The molecule has 106 valence electrons. The molecule has 2 aromatic rings. The Morgan fingerprint density at radius 2 is 1.70 bits per heavy atom. The number of hydrogen-bond acceptors (Lipinski definition) is 6. The lowest BCUT2D eigenvalue weighted by Gasteiger charge is -2.08. The molecule has 6 nitrogen and oxygen atoms in total. The minimum Gasteiger partial charge on any atom is -0.467 e. The van der Waals surface area contributed by atoms with Gasteiger partial charge in [0.1, 0.15) is 11.6 Å². The lowest BCUT2D eigenvalue weighted by atomic mass is 10.2. The van der Waals surface area contributed by atoms with Crippen molar-refractivity contribution in [2.24, 2.45) is 0 Å². The summed E-state index contributed by atoms with van der Waals surface area (Å²) < 4.78 is 36.2. The monoisotopic (exact) mass is 282 g/mol. The van der Waals surface area contributed by atoms with Gasteiger partial charge in [0.25, 0.3) is 0 Å². The van der Waals surface area contributed by atoms with Crippen LogP contribution in [0.15, 0.2) is 18.2 Å². The lowest BCUT2D eigenvalue weighted by molar-refractivity contribution is 0.341. The van der Waals surface area contributed by atoms with Gasteiger partial charge in [-0.25, -0.2) is 8.78 Å². The molecular weight excluding hydrogens is 270 g/mol. The molecule has 2 rings (SSSR count). The molecule has 1 heterocycles. The van der Waals surface area contributed by atoms with Crippen molar-refractivity contribution in [1.82, 2.24) is 15.0 Å². The van der Waals surface area contributed by atoms with E-state index in [0.29, 0.717) is 0 Å². The minimum absolute atomic E-state index is 0.0138. The molecule has 0 fully saturated rings. The van der Waals surface area contributed by atoms with E-state index in [1.807, 2.05) is 0 Å². The summed E-state index contributed by atoms with van der Waals surface area (Å²) in [7, 11) is 2.79. The number of rotatable bonds is 5. The first-order valence-corrected chi connectivity index (χ1v) is 5.64. The highest BCUT2D eigenvalue weighted by Gasteiger charge is 2.08. The summed E-state index contributed by atoms with van der Waals surface area (Å²) in [5.41, 5.74) is 0.156. The van der Waals surface area contributed by atoms with Gasteiger partial charge in [0, 0.05) is 12.1 Å². The summed E-state index contributed by atoms with van der Waals surface area (Å²) in [6, 6.07) is 3.31. The fraction of sp³-hybridized carbons (Fsp3) is 0.250. The summed E-state index contributed by atoms with van der Waals surface area (Å²) in [4.78, 5) is 11.6. The molecule has 0 spiro atoms. The molecule has 1 aromatic carbocycles. The van der Waals surface area contributed by atoms with Crippen LogP contribution >= 0.6 is 0 Å². The van der Waals surface area contributed by atoms with E-state index in [-0.39, 0.29) is 30.1 Å². The van der Waals surface area contributed by atoms with Crippen LogP contribution in [-0.2, 0) is 6.54 Å². The maximum Gasteiger partial charge on any atom is 0.324 e. The molecule has 0 aliphatic rings. The maximum absolute atomic E-state index is 13.5. The van der Waals surface area contributed by atoms with Gasteiger partial charge in [-0.3, -0.25) is 0 Å². The minimum atomic E-state index is -0.521. The Hall–Kier alpha value is -2.51. The molecule has 0 aliphatic carbocycles. The van der Waals surface area contributed by atoms with Crippen molar-refractivity contribution in [3.8, 4) is 12.0 Å². The Labute approximate surface area is 113 Å². The van der Waals surface area contributed by atoms with E-state index in [1.165, 1.54) is 14.2 Å². The second-order valence-corrected chi connectivity index (χ2v) is 3.72. The molecule has 0 saturated heterocycles. The van der Waals surface area contributed by atoms with Gasteiger partial charge in [0.15, 0.2) is 0 Å². The Morgan fingerprint density at radius 3 is 2.30 bits per heavy atom. The second kappa shape index (κ2) is 6.09. The number of hydrogen-bond donors (Lipinski definition) is 1. The molecular formula is C12H12F2N4O2. The Kier molecular flexibility index (Phi) is 4.24. The normalized spacial score (nSPS) is 10.2. The average molecular weight is 282 g/mol. The number of ether oxygens (including phenoxy) is 2. The van der Waals surface area contributed by atoms with Gasteiger partial charge in [-0.15, -0.1) is 4.98 Å². The van der Waals surface area contributed by atoms with Gasteiger partial charge >= 0.3 is 12.0 Å². The summed E-state index contributed by atoms with van der Waals surface area (Å²) in [6.45, 7) is 0.0138. The van der Waals surface area contributed by atoms with Gasteiger partial charge in [0.2, 0.25) is 5.95 Å².